The van der Waals surface area contributed by atoms with Crippen LogP contribution in [0.15, 0.2) is 89.7 Å². The van der Waals surface area contributed by atoms with Crippen LogP contribution in [0, 0.1) is 11.3 Å². The zero-order valence-electron chi connectivity index (χ0n) is 13.9. The highest BCUT2D eigenvalue weighted by molar-refractivity contribution is 5.87. The topological polar surface area (TPSA) is 59.9 Å². The van der Waals surface area contributed by atoms with Crippen LogP contribution in [0.25, 0.3) is 10.9 Å². The molecule has 0 saturated heterocycles. The second-order valence-electron chi connectivity index (χ2n) is 5.90. The highest BCUT2D eigenvalue weighted by Crippen LogP contribution is 2.35. The van der Waals surface area contributed by atoms with Crippen molar-refractivity contribution in [2.75, 3.05) is 4.90 Å². The molecule has 124 valence electrons. The Balaban J connectivity index is 1.91. The maximum absolute atomic E-state index is 12.0. The molecule has 3 aromatic carbocycles. The lowest BCUT2D eigenvalue weighted by Crippen LogP contribution is -2.12. The highest BCUT2D eigenvalue weighted by atomic mass is 16.1. The average Bonchev–Trinajstić information content (AvgIpc) is 2.69. The predicted octanol–water partition coefficient (Wildman–Crippen LogP) is 4.87. The van der Waals surface area contributed by atoms with Crippen molar-refractivity contribution in [3.8, 4) is 6.07 Å². The number of nitriles is 1. The summed E-state index contributed by atoms with van der Waals surface area (Å²) in [6, 6.07) is 29.5. The summed E-state index contributed by atoms with van der Waals surface area (Å²) in [4.78, 5) is 16.9. The van der Waals surface area contributed by atoms with Crippen molar-refractivity contribution in [3.63, 3.8) is 0 Å². The summed E-state index contributed by atoms with van der Waals surface area (Å²) < 4.78 is 0. The molecule has 0 unspecified atom stereocenters. The molecule has 0 amide bonds. The molecule has 4 rings (SSSR count). The fourth-order valence-corrected chi connectivity index (χ4v) is 3.01. The number of aromatic amines is 1. The zero-order valence-corrected chi connectivity index (χ0v) is 13.9. The molecule has 0 atom stereocenters. The Bertz CT molecular complexity index is 1120. The number of benzene rings is 3. The minimum absolute atomic E-state index is 0.119. The van der Waals surface area contributed by atoms with E-state index >= 15 is 0 Å². The number of aromatic nitrogens is 1. The van der Waals surface area contributed by atoms with E-state index in [1.165, 1.54) is 0 Å². The number of nitrogens with one attached hydrogen (secondary N) is 1. The molecule has 26 heavy (non-hydrogen) atoms. The molecule has 4 aromatic rings. The summed E-state index contributed by atoms with van der Waals surface area (Å²) in [5.41, 5.74) is 3.41. The Labute approximate surface area is 150 Å². The highest BCUT2D eigenvalue weighted by Gasteiger charge is 2.13. The van der Waals surface area contributed by atoms with Crippen molar-refractivity contribution in [1.29, 1.82) is 5.26 Å². The summed E-state index contributed by atoms with van der Waals surface area (Å²) in [5.74, 6) is 0. The zero-order chi connectivity index (χ0) is 17.9. The van der Waals surface area contributed by atoms with Gasteiger partial charge in [0.1, 0.15) is 11.6 Å². The van der Waals surface area contributed by atoms with Crippen LogP contribution in [0.4, 0.5) is 17.1 Å². The number of hydrogen-bond acceptors (Lipinski definition) is 3. The van der Waals surface area contributed by atoms with Gasteiger partial charge >= 0.3 is 0 Å². The van der Waals surface area contributed by atoms with Gasteiger partial charge in [0.15, 0.2) is 0 Å². The number of pyridine rings is 1. The van der Waals surface area contributed by atoms with Crippen LogP contribution in [-0.4, -0.2) is 4.98 Å². The largest absolute Gasteiger partial charge is 0.321 e. The third-order valence-corrected chi connectivity index (χ3v) is 4.24. The monoisotopic (exact) mass is 337 g/mol. The first-order chi connectivity index (χ1) is 12.8. The van der Waals surface area contributed by atoms with Gasteiger partial charge in [-0.25, -0.2) is 0 Å². The molecule has 0 radical (unpaired) electrons. The lowest BCUT2D eigenvalue weighted by atomic mass is 10.1. The van der Waals surface area contributed by atoms with E-state index < -0.39 is 0 Å². The average molecular weight is 337 g/mol. The van der Waals surface area contributed by atoms with Gasteiger partial charge in [0.25, 0.3) is 5.56 Å². The quantitative estimate of drug-likeness (QED) is 0.580. The van der Waals surface area contributed by atoms with Gasteiger partial charge in [-0.15, -0.1) is 0 Å². The van der Waals surface area contributed by atoms with Gasteiger partial charge in [0, 0.05) is 17.1 Å². The number of rotatable bonds is 3. The molecule has 0 aliphatic carbocycles. The summed E-state index contributed by atoms with van der Waals surface area (Å²) in [7, 11) is 0. The smallest absolute Gasteiger partial charge is 0.266 e. The first-order valence-electron chi connectivity index (χ1n) is 8.24. The summed E-state index contributed by atoms with van der Waals surface area (Å²) in [6.45, 7) is 0. The Morgan fingerprint density at radius 3 is 1.96 bits per heavy atom. The number of H-pyrrole nitrogens is 1. The van der Waals surface area contributed by atoms with Gasteiger partial charge in [-0.2, -0.15) is 5.26 Å². The van der Waals surface area contributed by atoms with E-state index in [0.717, 1.165) is 22.4 Å². The van der Waals surface area contributed by atoms with Crippen LogP contribution in [0.2, 0.25) is 0 Å². The van der Waals surface area contributed by atoms with Gasteiger partial charge in [0.2, 0.25) is 0 Å². The Morgan fingerprint density at radius 2 is 1.38 bits per heavy atom. The molecule has 0 saturated carbocycles. The minimum Gasteiger partial charge on any atom is -0.321 e. The molecule has 4 heteroatoms. The van der Waals surface area contributed by atoms with E-state index in [2.05, 4.69) is 9.88 Å². The van der Waals surface area contributed by atoms with E-state index in [9.17, 15) is 4.79 Å². The lowest BCUT2D eigenvalue weighted by Gasteiger charge is -2.25. The van der Waals surface area contributed by atoms with Crippen molar-refractivity contribution >= 4 is 28.0 Å². The minimum atomic E-state index is -0.372. The standard InChI is InChI=1S/C22H15N3O/c23-15-17-13-16-11-12-20(14-21(16)24-22(17)26)25(18-7-3-1-4-8-18)19-9-5-2-6-10-19/h1-14H,(H,24,26). The molecular formula is C22H15N3O. The van der Waals surface area contributed by atoms with Crippen LogP contribution < -0.4 is 10.5 Å². The summed E-state index contributed by atoms with van der Waals surface area (Å²) >= 11 is 0. The van der Waals surface area contributed by atoms with Gasteiger partial charge in [-0.1, -0.05) is 42.5 Å². The van der Waals surface area contributed by atoms with Crippen molar-refractivity contribution < 1.29 is 0 Å². The Hall–Kier alpha value is -3.84. The van der Waals surface area contributed by atoms with E-state index in [1.807, 2.05) is 84.9 Å². The fourth-order valence-electron chi connectivity index (χ4n) is 3.01. The molecule has 0 aliphatic rings. The molecule has 1 N–H and O–H groups in total. The van der Waals surface area contributed by atoms with Crippen LogP contribution in [0.3, 0.4) is 0 Å². The normalized spacial score (nSPS) is 10.4. The van der Waals surface area contributed by atoms with Crippen molar-refractivity contribution in [2.45, 2.75) is 0 Å². The molecule has 1 heterocycles. The molecule has 0 fully saturated rings. The summed E-state index contributed by atoms with van der Waals surface area (Å²) in [6.07, 6.45) is 0. The van der Waals surface area contributed by atoms with Crippen molar-refractivity contribution in [3.05, 3.63) is 101 Å². The van der Waals surface area contributed by atoms with Gasteiger partial charge in [0.05, 0.1) is 5.52 Å². The predicted molar refractivity (Wildman–Crippen MR) is 104 cm³/mol. The fraction of sp³-hybridized carbons (Fsp3) is 0. The number of nitrogens with zero attached hydrogens (tertiary/aromatic N) is 2. The number of hydrogen-bond donors (Lipinski definition) is 1. The van der Waals surface area contributed by atoms with Gasteiger partial charge < -0.3 is 9.88 Å². The number of fused-ring (bicyclic) bond motifs is 1. The third-order valence-electron chi connectivity index (χ3n) is 4.24. The van der Waals surface area contributed by atoms with Crippen LogP contribution in [0.1, 0.15) is 5.56 Å². The SMILES string of the molecule is N#Cc1cc2ccc(N(c3ccccc3)c3ccccc3)cc2[nH]c1=O. The molecule has 0 bridgehead atoms. The number of anilines is 3. The van der Waals surface area contributed by atoms with E-state index in [4.69, 9.17) is 5.26 Å². The molecular weight excluding hydrogens is 322 g/mol. The second-order valence-corrected chi connectivity index (χ2v) is 5.90. The van der Waals surface area contributed by atoms with E-state index in [-0.39, 0.29) is 11.1 Å². The third kappa shape index (κ3) is 2.83. The number of para-hydroxylation sites is 2. The lowest BCUT2D eigenvalue weighted by molar-refractivity contribution is 1.25. The Kier molecular flexibility index (Phi) is 3.97. The van der Waals surface area contributed by atoms with Crippen LogP contribution in [0.5, 0.6) is 0 Å². The van der Waals surface area contributed by atoms with Crippen LogP contribution >= 0.6 is 0 Å². The maximum Gasteiger partial charge on any atom is 0.266 e. The van der Waals surface area contributed by atoms with Crippen LogP contribution in [-0.2, 0) is 0 Å². The molecule has 1 aromatic heterocycles. The van der Waals surface area contributed by atoms with Crippen molar-refractivity contribution in [1.82, 2.24) is 4.98 Å². The van der Waals surface area contributed by atoms with E-state index in [0.29, 0.717) is 5.52 Å². The van der Waals surface area contributed by atoms with Gasteiger partial charge in [-0.3, -0.25) is 4.79 Å². The van der Waals surface area contributed by atoms with E-state index in [1.54, 1.807) is 6.07 Å². The Morgan fingerprint density at radius 1 is 0.769 bits per heavy atom. The molecule has 0 spiro atoms. The molecule has 0 aliphatic heterocycles. The maximum atomic E-state index is 12.0. The summed E-state index contributed by atoms with van der Waals surface area (Å²) in [5, 5.41) is 9.86. The first kappa shape index (κ1) is 15.7. The van der Waals surface area contributed by atoms with Gasteiger partial charge in [-0.05, 0) is 47.9 Å². The molecule has 4 nitrogen and oxygen atoms in total. The van der Waals surface area contributed by atoms with Crippen molar-refractivity contribution in [2.24, 2.45) is 0 Å². The second kappa shape index (κ2) is 6.58. The first-order valence-corrected chi connectivity index (χ1v) is 8.24.